The number of carboxylic acid groups (broad SMARTS) is 1. The standard InChI is InChI=1S/C18H25NO4/c1-17(2)12-9-14(17)18(23,15(20)10-12)7-8-19-13-5-3-11(4-6-13)16(21)22/h3-6,12,14-15,19-20,23H,7-10H2,1-2H3,(H,21,22)/t12-,14-,15+,18-/m1/s1. The summed E-state index contributed by atoms with van der Waals surface area (Å²) in [5.41, 5.74) is 0.123. The van der Waals surface area contributed by atoms with E-state index in [0.717, 1.165) is 12.1 Å². The number of aromatic carboxylic acids is 1. The normalized spacial score (nSPS) is 34.5. The second-order valence-electron chi connectivity index (χ2n) is 7.61. The first-order valence-electron chi connectivity index (χ1n) is 8.23. The minimum atomic E-state index is -1.04. The second kappa shape index (κ2) is 5.49. The lowest BCUT2D eigenvalue weighted by molar-refractivity contribution is -0.254. The predicted molar refractivity (Wildman–Crippen MR) is 87.5 cm³/mol. The first-order chi connectivity index (χ1) is 10.7. The van der Waals surface area contributed by atoms with E-state index in [9.17, 15) is 15.0 Å². The van der Waals surface area contributed by atoms with Crippen molar-refractivity contribution in [2.24, 2.45) is 17.3 Å². The van der Waals surface area contributed by atoms with Crippen molar-refractivity contribution >= 4 is 11.7 Å². The van der Waals surface area contributed by atoms with Crippen molar-refractivity contribution in [2.75, 3.05) is 11.9 Å². The van der Waals surface area contributed by atoms with Crippen molar-refractivity contribution in [1.29, 1.82) is 0 Å². The summed E-state index contributed by atoms with van der Waals surface area (Å²) in [5, 5.41) is 33.4. The molecule has 1 aromatic carbocycles. The van der Waals surface area contributed by atoms with E-state index in [1.165, 1.54) is 0 Å². The van der Waals surface area contributed by atoms with Gasteiger partial charge in [0.05, 0.1) is 17.3 Å². The Kier molecular flexibility index (Phi) is 3.89. The Hall–Kier alpha value is -1.59. The number of hydrogen-bond donors (Lipinski definition) is 4. The molecular weight excluding hydrogens is 294 g/mol. The SMILES string of the molecule is CC1(C)[C@@H]2C[C@H]1[C@](O)(CCNc1ccc(C(=O)O)cc1)[C@@H](O)C2. The predicted octanol–water partition coefficient (Wildman–Crippen LogP) is 2.34. The number of fused-ring (bicyclic) bond motifs is 2. The summed E-state index contributed by atoms with van der Waals surface area (Å²) in [6.07, 6.45) is 1.49. The van der Waals surface area contributed by atoms with E-state index in [1.807, 2.05) is 0 Å². The Morgan fingerprint density at radius 3 is 2.48 bits per heavy atom. The van der Waals surface area contributed by atoms with E-state index in [4.69, 9.17) is 5.11 Å². The van der Waals surface area contributed by atoms with E-state index in [2.05, 4.69) is 19.2 Å². The van der Waals surface area contributed by atoms with Gasteiger partial charge in [0.15, 0.2) is 0 Å². The summed E-state index contributed by atoms with van der Waals surface area (Å²) in [6.45, 7) is 4.90. The van der Waals surface area contributed by atoms with Crippen molar-refractivity contribution in [3.63, 3.8) is 0 Å². The quantitative estimate of drug-likeness (QED) is 0.669. The van der Waals surface area contributed by atoms with Crippen LogP contribution in [0.5, 0.6) is 0 Å². The Labute approximate surface area is 136 Å². The molecule has 0 radical (unpaired) electrons. The highest BCUT2D eigenvalue weighted by Crippen LogP contribution is 2.63. The van der Waals surface area contributed by atoms with Gasteiger partial charge in [0, 0.05) is 12.2 Å². The molecule has 0 heterocycles. The Morgan fingerprint density at radius 2 is 1.91 bits per heavy atom. The first kappa shape index (κ1) is 16.3. The fourth-order valence-corrected chi connectivity index (χ4v) is 4.45. The van der Waals surface area contributed by atoms with Crippen molar-refractivity contribution < 1.29 is 20.1 Å². The van der Waals surface area contributed by atoms with Crippen LogP contribution >= 0.6 is 0 Å². The van der Waals surface area contributed by atoms with Crippen LogP contribution in [-0.2, 0) is 0 Å². The van der Waals surface area contributed by atoms with Gasteiger partial charge in [-0.25, -0.2) is 4.79 Å². The van der Waals surface area contributed by atoms with E-state index in [-0.39, 0.29) is 16.9 Å². The molecule has 126 valence electrons. The van der Waals surface area contributed by atoms with Crippen molar-refractivity contribution in [3.05, 3.63) is 29.8 Å². The molecule has 0 saturated heterocycles. The average Bonchev–Trinajstić information content (AvgIpc) is 2.50. The molecule has 4 atom stereocenters. The number of nitrogens with one attached hydrogen (secondary N) is 1. The molecule has 4 N–H and O–H groups in total. The van der Waals surface area contributed by atoms with Gasteiger partial charge in [0.1, 0.15) is 0 Å². The third-order valence-corrected chi connectivity index (χ3v) is 6.15. The van der Waals surface area contributed by atoms with Gasteiger partial charge in [-0.15, -0.1) is 0 Å². The largest absolute Gasteiger partial charge is 0.478 e. The first-order valence-corrected chi connectivity index (χ1v) is 8.23. The molecule has 2 bridgehead atoms. The van der Waals surface area contributed by atoms with Gasteiger partial charge in [-0.1, -0.05) is 13.8 Å². The maximum Gasteiger partial charge on any atom is 0.335 e. The molecule has 3 saturated carbocycles. The van der Waals surface area contributed by atoms with Crippen molar-refractivity contribution in [1.82, 2.24) is 0 Å². The molecule has 0 aromatic heterocycles. The summed E-state index contributed by atoms with van der Waals surface area (Å²) in [4.78, 5) is 10.8. The lowest BCUT2D eigenvalue weighted by Crippen LogP contribution is -2.68. The number of rotatable bonds is 5. The molecule has 3 aliphatic carbocycles. The van der Waals surface area contributed by atoms with Crippen LogP contribution in [0.3, 0.4) is 0 Å². The number of carboxylic acids is 1. The van der Waals surface area contributed by atoms with Crippen LogP contribution in [-0.4, -0.2) is 39.5 Å². The molecule has 5 heteroatoms. The van der Waals surface area contributed by atoms with Crippen LogP contribution < -0.4 is 5.32 Å². The lowest BCUT2D eigenvalue weighted by Gasteiger charge is -2.65. The average molecular weight is 319 g/mol. The van der Waals surface area contributed by atoms with Crippen molar-refractivity contribution in [2.45, 2.75) is 44.8 Å². The summed E-state index contributed by atoms with van der Waals surface area (Å²) in [5.74, 6) is -0.294. The van der Waals surface area contributed by atoms with E-state index in [1.54, 1.807) is 24.3 Å². The number of carbonyl (C=O) groups is 1. The molecule has 0 amide bonds. The molecule has 1 aromatic rings. The Morgan fingerprint density at radius 1 is 1.26 bits per heavy atom. The number of anilines is 1. The summed E-state index contributed by atoms with van der Waals surface area (Å²) in [7, 11) is 0. The third kappa shape index (κ3) is 2.62. The van der Waals surface area contributed by atoms with E-state index in [0.29, 0.717) is 25.3 Å². The molecule has 3 fully saturated rings. The molecule has 4 rings (SSSR count). The summed E-state index contributed by atoms with van der Waals surface area (Å²) in [6, 6.07) is 6.53. The zero-order valence-corrected chi connectivity index (χ0v) is 13.6. The molecule has 0 spiro atoms. The van der Waals surface area contributed by atoms with Gasteiger partial charge in [-0.05, 0) is 60.8 Å². The molecule has 23 heavy (non-hydrogen) atoms. The van der Waals surface area contributed by atoms with Crippen LogP contribution in [0.1, 0.15) is 43.5 Å². The monoisotopic (exact) mass is 319 g/mol. The minimum absolute atomic E-state index is 0.0944. The summed E-state index contributed by atoms with van der Waals surface area (Å²) < 4.78 is 0. The van der Waals surface area contributed by atoms with Crippen LogP contribution in [0.2, 0.25) is 0 Å². The number of hydrogen-bond acceptors (Lipinski definition) is 4. The fraction of sp³-hybridized carbons (Fsp3) is 0.611. The van der Waals surface area contributed by atoms with Crippen LogP contribution in [0.4, 0.5) is 5.69 Å². The minimum Gasteiger partial charge on any atom is -0.478 e. The number of benzene rings is 1. The molecule has 0 aliphatic heterocycles. The zero-order valence-electron chi connectivity index (χ0n) is 13.6. The Balaban J connectivity index is 1.60. The maximum absolute atomic E-state index is 11.0. The van der Waals surface area contributed by atoms with Gasteiger partial charge >= 0.3 is 5.97 Å². The van der Waals surface area contributed by atoms with Gasteiger partial charge < -0.3 is 20.6 Å². The highest BCUT2D eigenvalue weighted by molar-refractivity contribution is 5.87. The lowest BCUT2D eigenvalue weighted by atomic mass is 9.43. The van der Waals surface area contributed by atoms with Crippen LogP contribution in [0.15, 0.2) is 24.3 Å². The second-order valence-corrected chi connectivity index (χ2v) is 7.61. The third-order valence-electron chi connectivity index (χ3n) is 6.15. The van der Waals surface area contributed by atoms with Crippen molar-refractivity contribution in [3.8, 4) is 0 Å². The molecule has 0 unspecified atom stereocenters. The van der Waals surface area contributed by atoms with Gasteiger partial charge in [-0.2, -0.15) is 0 Å². The Bertz CT molecular complexity index is 598. The highest BCUT2D eigenvalue weighted by Gasteiger charge is 2.64. The smallest absolute Gasteiger partial charge is 0.335 e. The fourth-order valence-electron chi connectivity index (χ4n) is 4.45. The van der Waals surface area contributed by atoms with Crippen LogP contribution in [0, 0.1) is 17.3 Å². The van der Waals surface area contributed by atoms with Gasteiger partial charge in [0.2, 0.25) is 0 Å². The maximum atomic E-state index is 11.0. The van der Waals surface area contributed by atoms with Gasteiger partial charge in [0.25, 0.3) is 0 Å². The van der Waals surface area contributed by atoms with E-state index < -0.39 is 17.7 Å². The number of aliphatic hydroxyl groups is 2. The zero-order chi connectivity index (χ0) is 16.8. The molecular formula is C18H25NO4. The van der Waals surface area contributed by atoms with Crippen LogP contribution in [0.25, 0.3) is 0 Å². The molecule has 5 nitrogen and oxygen atoms in total. The summed E-state index contributed by atoms with van der Waals surface area (Å²) >= 11 is 0. The van der Waals surface area contributed by atoms with E-state index >= 15 is 0 Å². The highest BCUT2D eigenvalue weighted by atomic mass is 16.4. The number of aliphatic hydroxyl groups excluding tert-OH is 1. The van der Waals surface area contributed by atoms with Gasteiger partial charge in [-0.3, -0.25) is 0 Å². The molecule has 3 aliphatic rings. The topological polar surface area (TPSA) is 89.8 Å².